The number of ether oxygens (including phenoxy) is 1. The van der Waals surface area contributed by atoms with E-state index in [0.29, 0.717) is 4.83 Å². The maximum absolute atomic E-state index is 5.71. The number of hydrogen-bond acceptors (Lipinski definition) is 1. The molecular weight excluding hydrogens is 288 g/mol. The lowest BCUT2D eigenvalue weighted by Gasteiger charge is -2.42. The third-order valence-electron chi connectivity index (χ3n) is 4.24. The molecule has 2 rings (SSSR count). The van der Waals surface area contributed by atoms with Gasteiger partial charge in [0.25, 0.3) is 0 Å². The highest BCUT2D eigenvalue weighted by atomic mass is 79.9. The summed E-state index contributed by atoms with van der Waals surface area (Å²) in [6.07, 6.45) is 5.98. The first-order valence-electron chi connectivity index (χ1n) is 6.80. The van der Waals surface area contributed by atoms with Crippen molar-refractivity contribution in [2.45, 2.75) is 56.4 Å². The number of aryl methyl sites for hydroxylation is 2. The first-order valence-corrected chi connectivity index (χ1v) is 7.72. The predicted molar refractivity (Wildman–Crippen MR) is 80.5 cm³/mol. The molecule has 0 aromatic heterocycles. The van der Waals surface area contributed by atoms with Crippen molar-refractivity contribution in [1.82, 2.24) is 0 Å². The zero-order valence-electron chi connectivity index (χ0n) is 11.6. The van der Waals surface area contributed by atoms with Gasteiger partial charge in [0, 0.05) is 11.9 Å². The Balaban J connectivity index is 1.98. The second kappa shape index (κ2) is 5.75. The molecule has 1 aliphatic carbocycles. The Hall–Kier alpha value is -0.340. The Morgan fingerprint density at radius 2 is 2.06 bits per heavy atom. The molecule has 1 fully saturated rings. The maximum Gasteiger partial charge on any atom is 0.0689 e. The molecule has 1 aliphatic rings. The molecule has 0 radical (unpaired) electrons. The first kappa shape index (κ1) is 14.1. The molecule has 1 atom stereocenters. The van der Waals surface area contributed by atoms with Crippen LogP contribution in [0.25, 0.3) is 0 Å². The highest BCUT2D eigenvalue weighted by Gasteiger charge is 2.38. The Morgan fingerprint density at radius 3 is 2.61 bits per heavy atom. The quantitative estimate of drug-likeness (QED) is 0.724. The van der Waals surface area contributed by atoms with Crippen LogP contribution in [-0.2, 0) is 11.2 Å². The lowest BCUT2D eigenvalue weighted by Crippen LogP contribution is -2.41. The van der Waals surface area contributed by atoms with Gasteiger partial charge in [-0.05, 0) is 57.1 Å². The predicted octanol–water partition coefficient (Wildman–Crippen LogP) is 4.57. The van der Waals surface area contributed by atoms with Crippen LogP contribution in [0.3, 0.4) is 0 Å². The van der Waals surface area contributed by atoms with E-state index in [1.165, 1.54) is 36.0 Å². The number of hydrogen-bond donors (Lipinski definition) is 0. The van der Waals surface area contributed by atoms with E-state index < -0.39 is 0 Å². The van der Waals surface area contributed by atoms with E-state index in [2.05, 4.69) is 48.0 Å². The Bertz CT molecular complexity index is 404. The van der Waals surface area contributed by atoms with Crippen molar-refractivity contribution in [3.63, 3.8) is 0 Å². The van der Waals surface area contributed by atoms with E-state index in [4.69, 9.17) is 4.74 Å². The van der Waals surface area contributed by atoms with Gasteiger partial charge in [-0.1, -0.05) is 39.7 Å². The van der Waals surface area contributed by atoms with Crippen molar-refractivity contribution in [2.24, 2.45) is 0 Å². The summed E-state index contributed by atoms with van der Waals surface area (Å²) in [6, 6.07) is 6.72. The van der Waals surface area contributed by atoms with Crippen molar-refractivity contribution in [3.8, 4) is 0 Å². The van der Waals surface area contributed by atoms with Gasteiger partial charge in [-0.25, -0.2) is 0 Å². The molecule has 0 N–H and O–H groups in total. The molecule has 0 saturated heterocycles. The lowest BCUT2D eigenvalue weighted by atomic mass is 9.76. The standard InChI is InChI=1S/C16H23BrO/c1-12-5-6-13(2)14(9-12)10-15(17)11-16(18-3)7-4-8-16/h5-6,9,15H,4,7-8,10-11H2,1-3H3. The highest BCUT2D eigenvalue weighted by molar-refractivity contribution is 9.09. The van der Waals surface area contributed by atoms with Gasteiger partial charge >= 0.3 is 0 Å². The molecule has 0 aliphatic heterocycles. The van der Waals surface area contributed by atoms with E-state index in [-0.39, 0.29) is 5.60 Å². The number of rotatable bonds is 5. The normalized spacial score (nSPS) is 19.3. The number of halogens is 1. The highest BCUT2D eigenvalue weighted by Crippen LogP contribution is 2.40. The zero-order valence-corrected chi connectivity index (χ0v) is 13.2. The third-order valence-corrected chi connectivity index (χ3v) is 4.88. The minimum atomic E-state index is 0.159. The molecule has 0 spiro atoms. The van der Waals surface area contributed by atoms with Crippen molar-refractivity contribution in [1.29, 1.82) is 0 Å². The molecule has 1 unspecified atom stereocenters. The molecule has 2 heteroatoms. The molecule has 0 bridgehead atoms. The van der Waals surface area contributed by atoms with Gasteiger partial charge < -0.3 is 4.74 Å². The summed E-state index contributed by atoms with van der Waals surface area (Å²) in [7, 11) is 1.86. The summed E-state index contributed by atoms with van der Waals surface area (Å²) >= 11 is 3.84. The van der Waals surface area contributed by atoms with Crippen LogP contribution in [0.2, 0.25) is 0 Å². The summed E-state index contributed by atoms with van der Waals surface area (Å²) in [5, 5.41) is 0. The largest absolute Gasteiger partial charge is 0.378 e. The van der Waals surface area contributed by atoms with Crippen LogP contribution in [0.1, 0.15) is 42.4 Å². The van der Waals surface area contributed by atoms with Crippen molar-refractivity contribution in [2.75, 3.05) is 7.11 Å². The van der Waals surface area contributed by atoms with Gasteiger partial charge in [0.05, 0.1) is 5.60 Å². The Kier molecular flexibility index (Phi) is 4.50. The van der Waals surface area contributed by atoms with Crippen LogP contribution in [0.5, 0.6) is 0 Å². The number of alkyl halides is 1. The van der Waals surface area contributed by atoms with Crippen LogP contribution < -0.4 is 0 Å². The molecule has 0 heterocycles. The van der Waals surface area contributed by atoms with Crippen molar-refractivity contribution < 1.29 is 4.74 Å². The molecule has 18 heavy (non-hydrogen) atoms. The van der Waals surface area contributed by atoms with Crippen LogP contribution in [0.15, 0.2) is 18.2 Å². The molecule has 1 nitrogen and oxygen atoms in total. The van der Waals surface area contributed by atoms with Crippen LogP contribution >= 0.6 is 15.9 Å². The molecule has 1 aromatic carbocycles. The topological polar surface area (TPSA) is 9.23 Å². The van der Waals surface area contributed by atoms with Crippen LogP contribution in [0.4, 0.5) is 0 Å². The second-order valence-electron chi connectivity index (χ2n) is 5.68. The lowest BCUT2D eigenvalue weighted by molar-refractivity contribution is -0.0770. The minimum absolute atomic E-state index is 0.159. The van der Waals surface area contributed by atoms with E-state index in [9.17, 15) is 0 Å². The second-order valence-corrected chi connectivity index (χ2v) is 6.97. The first-order chi connectivity index (χ1) is 8.54. The van der Waals surface area contributed by atoms with Gasteiger partial charge in [-0.15, -0.1) is 0 Å². The summed E-state index contributed by atoms with van der Waals surface area (Å²) in [5.74, 6) is 0. The smallest absolute Gasteiger partial charge is 0.0689 e. The van der Waals surface area contributed by atoms with E-state index in [1.54, 1.807) is 0 Å². The SMILES string of the molecule is COC1(CC(Br)Cc2cc(C)ccc2C)CCC1. The molecule has 100 valence electrons. The van der Waals surface area contributed by atoms with Gasteiger partial charge in [0.15, 0.2) is 0 Å². The summed E-state index contributed by atoms with van der Waals surface area (Å²) in [4.78, 5) is 0.512. The van der Waals surface area contributed by atoms with Gasteiger partial charge in [0.2, 0.25) is 0 Å². The molecule has 1 aromatic rings. The van der Waals surface area contributed by atoms with E-state index in [1.807, 2.05) is 7.11 Å². The fraction of sp³-hybridized carbons (Fsp3) is 0.625. The summed E-state index contributed by atoms with van der Waals surface area (Å²) in [6.45, 7) is 4.36. The van der Waals surface area contributed by atoms with E-state index in [0.717, 1.165) is 12.8 Å². The zero-order chi connectivity index (χ0) is 13.2. The van der Waals surface area contributed by atoms with Crippen molar-refractivity contribution in [3.05, 3.63) is 34.9 Å². The fourth-order valence-electron chi connectivity index (χ4n) is 2.80. The average molecular weight is 311 g/mol. The average Bonchev–Trinajstić information content (AvgIpc) is 2.28. The molecular formula is C16H23BrO. The van der Waals surface area contributed by atoms with Crippen molar-refractivity contribution >= 4 is 15.9 Å². The summed E-state index contributed by atoms with van der Waals surface area (Å²) < 4.78 is 5.71. The minimum Gasteiger partial charge on any atom is -0.378 e. The maximum atomic E-state index is 5.71. The van der Waals surface area contributed by atoms with Gasteiger partial charge in [-0.3, -0.25) is 0 Å². The van der Waals surface area contributed by atoms with Gasteiger partial charge in [-0.2, -0.15) is 0 Å². The third kappa shape index (κ3) is 3.16. The van der Waals surface area contributed by atoms with Gasteiger partial charge in [0.1, 0.15) is 0 Å². The Labute approximate surface area is 119 Å². The molecule has 0 amide bonds. The monoisotopic (exact) mass is 310 g/mol. The van der Waals surface area contributed by atoms with Crippen LogP contribution in [0, 0.1) is 13.8 Å². The Morgan fingerprint density at radius 1 is 1.33 bits per heavy atom. The fourth-order valence-corrected chi connectivity index (χ4v) is 3.74. The van der Waals surface area contributed by atoms with E-state index >= 15 is 0 Å². The summed E-state index contributed by atoms with van der Waals surface area (Å²) in [5.41, 5.74) is 4.36. The number of benzene rings is 1. The molecule has 1 saturated carbocycles. The van der Waals surface area contributed by atoms with Crippen LogP contribution in [-0.4, -0.2) is 17.5 Å². The number of methoxy groups -OCH3 is 1.